The number of nitrogens with one attached hydrogen (secondary N) is 3. The van der Waals surface area contributed by atoms with E-state index in [1.54, 1.807) is 10.0 Å². The monoisotopic (exact) mass is 391 g/mol. The molecule has 26 heavy (non-hydrogen) atoms. The molecular formula is C16H20F3N3O3S. The first kappa shape index (κ1) is 19.0. The summed E-state index contributed by atoms with van der Waals surface area (Å²) in [6.45, 7) is -1.45. The summed E-state index contributed by atoms with van der Waals surface area (Å²) in [4.78, 5) is 12.1. The van der Waals surface area contributed by atoms with Gasteiger partial charge in [0.1, 0.15) is 5.88 Å². The van der Waals surface area contributed by atoms with Crippen molar-refractivity contribution in [2.24, 2.45) is 0 Å². The van der Waals surface area contributed by atoms with Crippen LogP contribution >= 0.6 is 0 Å². The topological polar surface area (TPSA) is 87.3 Å². The summed E-state index contributed by atoms with van der Waals surface area (Å²) in [6.07, 6.45) is 0.929. The average Bonchev–Trinajstić information content (AvgIpc) is 3.12. The van der Waals surface area contributed by atoms with Gasteiger partial charge >= 0.3 is 12.2 Å². The van der Waals surface area contributed by atoms with Gasteiger partial charge in [0, 0.05) is 5.69 Å². The van der Waals surface area contributed by atoms with E-state index >= 15 is 0 Å². The number of carbonyl (C=O) groups excluding carboxylic acids is 1. The fourth-order valence-corrected chi connectivity index (χ4v) is 4.39. The zero-order valence-corrected chi connectivity index (χ0v) is 14.8. The summed E-state index contributed by atoms with van der Waals surface area (Å²) >= 11 is 0. The van der Waals surface area contributed by atoms with E-state index in [2.05, 4.69) is 11.4 Å². The molecule has 3 N–H and O–H groups in total. The van der Waals surface area contributed by atoms with Gasteiger partial charge in [-0.3, -0.25) is 5.32 Å². The number of aryl methyl sites for hydroxylation is 2. The number of anilines is 1. The van der Waals surface area contributed by atoms with Crippen molar-refractivity contribution in [3.63, 3.8) is 0 Å². The standard InChI is InChI=1S/C16H20F3N3O3S/c17-16(18,19)8-20-9-26(24,25)22-15(23)21-14-12-5-1-3-10(12)7-11-4-2-6-13(11)14/h7,20H,1-6,8-9H2,(H2,21,22,23). The van der Waals surface area contributed by atoms with Gasteiger partial charge in [0.2, 0.25) is 10.0 Å². The second-order valence-corrected chi connectivity index (χ2v) is 8.31. The molecule has 0 saturated carbocycles. The van der Waals surface area contributed by atoms with Gasteiger partial charge < -0.3 is 5.32 Å². The Morgan fingerprint density at radius 2 is 1.62 bits per heavy atom. The maximum Gasteiger partial charge on any atom is 0.401 e. The van der Waals surface area contributed by atoms with Crippen LogP contribution in [-0.4, -0.2) is 33.0 Å². The van der Waals surface area contributed by atoms with Crippen molar-refractivity contribution in [3.8, 4) is 0 Å². The van der Waals surface area contributed by atoms with Crippen molar-refractivity contribution in [2.45, 2.75) is 44.7 Å². The van der Waals surface area contributed by atoms with Crippen LogP contribution in [0, 0.1) is 0 Å². The zero-order chi connectivity index (χ0) is 18.9. The van der Waals surface area contributed by atoms with Crippen molar-refractivity contribution < 1.29 is 26.4 Å². The highest BCUT2D eigenvalue weighted by Crippen LogP contribution is 2.38. The maximum atomic E-state index is 12.1. The number of amides is 2. The van der Waals surface area contributed by atoms with Crippen LogP contribution in [-0.2, 0) is 35.7 Å². The van der Waals surface area contributed by atoms with Crippen LogP contribution in [0.25, 0.3) is 0 Å². The molecule has 0 bridgehead atoms. The Morgan fingerprint density at radius 3 is 2.15 bits per heavy atom. The van der Waals surface area contributed by atoms with Crippen LogP contribution in [0.2, 0.25) is 0 Å². The Morgan fingerprint density at radius 1 is 1.04 bits per heavy atom. The molecule has 0 aromatic heterocycles. The summed E-state index contributed by atoms with van der Waals surface area (Å²) in [5, 5.41) is 4.39. The molecular weight excluding hydrogens is 371 g/mol. The number of carbonyl (C=O) groups is 1. The SMILES string of the molecule is O=C(Nc1c2c(cc3c1CCC3)CCC2)NS(=O)(=O)CNCC(F)(F)F. The average molecular weight is 391 g/mol. The molecule has 0 saturated heterocycles. The molecule has 3 rings (SSSR count). The van der Waals surface area contributed by atoms with Crippen LogP contribution in [0.3, 0.4) is 0 Å². The molecule has 1 aromatic carbocycles. The molecule has 2 aliphatic carbocycles. The summed E-state index contributed by atoms with van der Waals surface area (Å²) in [5.41, 5.74) is 5.09. The number of fused-ring (bicyclic) bond motifs is 2. The van der Waals surface area contributed by atoms with Gasteiger partial charge in [0.15, 0.2) is 0 Å². The summed E-state index contributed by atoms with van der Waals surface area (Å²) in [6, 6.07) is 1.22. The smallest absolute Gasteiger partial charge is 0.307 e. The minimum absolute atomic E-state index is 0.670. The number of benzene rings is 1. The third-order valence-corrected chi connectivity index (χ3v) is 5.66. The fourth-order valence-electron chi connectivity index (χ4n) is 3.61. The highest BCUT2D eigenvalue weighted by atomic mass is 32.2. The molecule has 0 radical (unpaired) electrons. The van der Waals surface area contributed by atoms with E-state index in [1.165, 1.54) is 11.1 Å². The Bertz CT molecular complexity index is 790. The van der Waals surface area contributed by atoms with Gasteiger partial charge in [-0.2, -0.15) is 13.2 Å². The predicted molar refractivity (Wildman–Crippen MR) is 90.5 cm³/mol. The molecule has 0 spiro atoms. The molecule has 0 atom stereocenters. The first-order valence-electron chi connectivity index (χ1n) is 8.40. The van der Waals surface area contributed by atoms with Gasteiger partial charge in [-0.05, 0) is 60.8 Å². The minimum atomic E-state index is -4.52. The molecule has 0 heterocycles. The zero-order valence-electron chi connectivity index (χ0n) is 14.0. The third kappa shape index (κ3) is 4.47. The number of halogens is 3. The first-order chi connectivity index (χ1) is 12.1. The molecule has 0 fully saturated rings. The second kappa shape index (κ2) is 7.07. The van der Waals surface area contributed by atoms with Gasteiger partial charge in [-0.15, -0.1) is 0 Å². The van der Waals surface area contributed by atoms with Gasteiger partial charge in [0.25, 0.3) is 0 Å². The lowest BCUT2D eigenvalue weighted by molar-refractivity contribution is -0.124. The Kier molecular flexibility index (Phi) is 5.16. The Balaban J connectivity index is 1.68. The number of alkyl halides is 3. The lowest BCUT2D eigenvalue weighted by atomic mass is 9.99. The molecule has 6 nitrogen and oxygen atoms in total. The highest BCUT2D eigenvalue weighted by molar-refractivity contribution is 7.90. The molecule has 2 amide bonds. The van der Waals surface area contributed by atoms with Crippen LogP contribution < -0.4 is 15.4 Å². The van der Waals surface area contributed by atoms with Crippen LogP contribution in [0.5, 0.6) is 0 Å². The van der Waals surface area contributed by atoms with E-state index in [0.29, 0.717) is 5.69 Å². The van der Waals surface area contributed by atoms with Gasteiger partial charge in [-0.1, -0.05) is 6.07 Å². The van der Waals surface area contributed by atoms with E-state index in [1.807, 2.05) is 0 Å². The Labute approximate surface area is 149 Å². The highest BCUT2D eigenvalue weighted by Gasteiger charge is 2.28. The Hall–Kier alpha value is -1.81. The van der Waals surface area contributed by atoms with E-state index < -0.39 is 34.7 Å². The van der Waals surface area contributed by atoms with E-state index in [9.17, 15) is 26.4 Å². The molecule has 0 aliphatic heterocycles. The second-order valence-electron chi connectivity index (χ2n) is 6.59. The van der Waals surface area contributed by atoms with E-state index in [-0.39, 0.29) is 0 Å². The largest absolute Gasteiger partial charge is 0.401 e. The normalized spacial score (nSPS) is 16.3. The van der Waals surface area contributed by atoms with Crippen molar-refractivity contribution in [1.29, 1.82) is 0 Å². The van der Waals surface area contributed by atoms with Gasteiger partial charge in [0.05, 0.1) is 6.54 Å². The number of sulfonamides is 1. The molecule has 2 aliphatic rings. The van der Waals surface area contributed by atoms with Gasteiger partial charge in [-0.25, -0.2) is 17.9 Å². The van der Waals surface area contributed by atoms with Crippen molar-refractivity contribution in [2.75, 3.05) is 17.7 Å². The fraction of sp³-hybridized carbons (Fsp3) is 0.562. The van der Waals surface area contributed by atoms with E-state index in [4.69, 9.17) is 0 Å². The number of urea groups is 1. The predicted octanol–water partition coefficient (Wildman–Crippen LogP) is 2.22. The minimum Gasteiger partial charge on any atom is -0.307 e. The summed E-state index contributed by atoms with van der Waals surface area (Å²) in [5.74, 6) is -0.995. The molecule has 144 valence electrons. The summed E-state index contributed by atoms with van der Waals surface area (Å²) < 4.78 is 61.6. The summed E-state index contributed by atoms with van der Waals surface area (Å²) in [7, 11) is -4.22. The third-order valence-electron chi connectivity index (χ3n) is 4.58. The number of rotatable bonds is 5. The van der Waals surface area contributed by atoms with Crippen LogP contribution in [0.1, 0.15) is 35.1 Å². The van der Waals surface area contributed by atoms with Crippen LogP contribution in [0.15, 0.2) is 6.07 Å². The molecule has 0 unspecified atom stereocenters. The van der Waals surface area contributed by atoms with Crippen molar-refractivity contribution in [3.05, 3.63) is 28.3 Å². The quantitative estimate of drug-likeness (QED) is 0.718. The van der Waals surface area contributed by atoms with Crippen LogP contribution in [0.4, 0.5) is 23.7 Å². The number of hydrogen-bond donors (Lipinski definition) is 3. The van der Waals surface area contributed by atoms with Crippen molar-refractivity contribution >= 4 is 21.7 Å². The lowest BCUT2D eigenvalue weighted by Gasteiger charge is -2.16. The lowest BCUT2D eigenvalue weighted by Crippen LogP contribution is -2.42. The number of hydrogen-bond acceptors (Lipinski definition) is 4. The van der Waals surface area contributed by atoms with E-state index in [0.717, 1.165) is 49.7 Å². The maximum absolute atomic E-state index is 12.1. The first-order valence-corrected chi connectivity index (χ1v) is 10.1. The molecule has 1 aromatic rings. The van der Waals surface area contributed by atoms with Crippen molar-refractivity contribution in [1.82, 2.24) is 10.0 Å². The molecule has 10 heteroatoms.